The SMILES string of the molecule is COC1C([C@@]2(C)O[C@@H]2CC=C(C)C)[C@]2(CC[C@H]1OC(=O)/C=C/[C@H](O)[C@H](C)O)CO2. The Labute approximate surface area is 172 Å². The van der Waals surface area contributed by atoms with Gasteiger partial charge < -0.3 is 29.2 Å². The van der Waals surface area contributed by atoms with E-state index in [2.05, 4.69) is 26.8 Å². The Morgan fingerprint density at radius 1 is 1.34 bits per heavy atom. The molecule has 8 atom stereocenters. The summed E-state index contributed by atoms with van der Waals surface area (Å²) in [6, 6.07) is 0. The summed E-state index contributed by atoms with van der Waals surface area (Å²) in [5.41, 5.74) is 0.605. The van der Waals surface area contributed by atoms with Crippen molar-refractivity contribution in [2.24, 2.45) is 5.92 Å². The van der Waals surface area contributed by atoms with Crippen LogP contribution in [0.1, 0.15) is 47.0 Å². The summed E-state index contributed by atoms with van der Waals surface area (Å²) < 4.78 is 23.5. The Balaban J connectivity index is 1.70. The molecule has 29 heavy (non-hydrogen) atoms. The van der Waals surface area contributed by atoms with Gasteiger partial charge in [0.1, 0.15) is 23.4 Å². The number of hydrogen-bond donors (Lipinski definition) is 2. The van der Waals surface area contributed by atoms with Crippen LogP contribution in [0.25, 0.3) is 0 Å². The zero-order chi connectivity index (χ0) is 21.4. The molecular formula is C22H34O7. The number of rotatable bonds is 8. The van der Waals surface area contributed by atoms with Gasteiger partial charge in [0.05, 0.1) is 30.8 Å². The van der Waals surface area contributed by atoms with Crippen LogP contribution in [-0.2, 0) is 23.7 Å². The third-order valence-electron chi connectivity index (χ3n) is 6.43. The first-order chi connectivity index (χ1) is 13.6. The first-order valence-corrected chi connectivity index (χ1v) is 10.4. The van der Waals surface area contributed by atoms with Gasteiger partial charge in [0.25, 0.3) is 0 Å². The third-order valence-corrected chi connectivity index (χ3v) is 6.43. The Hall–Kier alpha value is -1.25. The molecule has 0 amide bonds. The number of aliphatic hydroxyl groups is 2. The predicted octanol–water partition coefficient (Wildman–Crippen LogP) is 1.90. The maximum absolute atomic E-state index is 12.3. The minimum atomic E-state index is -1.11. The van der Waals surface area contributed by atoms with Crippen LogP contribution in [0.5, 0.6) is 0 Å². The van der Waals surface area contributed by atoms with Crippen LogP contribution in [0.15, 0.2) is 23.8 Å². The average molecular weight is 411 g/mol. The first-order valence-electron chi connectivity index (χ1n) is 10.4. The molecular weight excluding hydrogens is 376 g/mol. The van der Waals surface area contributed by atoms with Crippen molar-refractivity contribution in [1.29, 1.82) is 0 Å². The number of ether oxygens (including phenoxy) is 4. The largest absolute Gasteiger partial charge is 0.456 e. The van der Waals surface area contributed by atoms with Crippen LogP contribution in [0, 0.1) is 5.92 Å². The lowest BCUT2D eigenvalue weighted by Gasteiger charge is -2.42. The Morgan fingerprint density at radius 2 is 2.03 bits per heavy atom. The van der Waals surface area contributed by atoms with Crippen LogP contribution in [0.2, 0.25) is 0 Å². The van der Waals surface area contributed by atoms with Crippen LogP contribution in [-0.4, -0.2) is 71.6 Å². The third kappa shape index (κ3) is 4.75. The van der Waals surface area contributed by atoms with E-state index in [-0.39, 0.29) is 29.3 Å². The number of esters is 1. The molecule has 0 aromatic carbocycles. The van der Waals surface area contributed by atoms with Crippen molar-refractivity contribution < 1.29 is 34.0 Å². The zero-order valence-electron chi connectivity index (χ0n) is 18.0. The highest BCUT2D eigenvalue weighted by Gasteiger charge is 2.72. The van der Waals surface area contributed by atoms with E-state index in [4.69, 9.17) is 18.9 Å². The molecule has 3 aliphatic rings. The molecule has 3 fully saturated rings. The highest BCUT2D eigenvalue weighted by molar-refractivity contribution is 5.82. The minimum Gasteiger partial charge on any atom is -0.456 e. The number of aliphatic hydroxyl groups excluding tert-OH is 2. The molecule has 7 heteroatoms. The molecule has 2 aliphatic heterocycles. The maximum atomic E-state index is 12.3. The highest BCUT2D eigenvalue weighted by atomic mass is 16.6. The van der Waals surface area contributed by atoms with Gasteiger partial charge in [0, 0.05) is 13.2 Å². The fraction of sp³-hybridized carbons (Fsp3) is 0.773. The normalized spacial score (nSPS) is 40.5. The molecule has 164 valence electrons. The molecule has 0 aromatic rings. The van der Waals surface area contributed by atoms with Crippen LogP contribution in [0.3, 0.4) is 0 Å². The standard InChI is InChI=1S/C22H34O7/c1-13(2)6-8-17-21(4,29-17)20-19(26-5)16(10-11-22(20)12-27-22)28-18(25)9-7-15(24)14(3)23/h6-7,9,14-17,19-20,23-24H,8,10-12H2,1-5H3/b9-7+/t14-,15-,16+,17+,19?,20?,21-,22-/m0/s1. The van der Waals surface area contributed by atoms with E-state index in [1.54, 1.807) is 7.11 Å². The monoisotopic (exact) mass is 410 g/mol. The van der Waals surface area contributed by atoms with Crippen molar-refractivity contribution in [2.45, 2.75) is 88.7 Å². The number of carbonyl (C=O) groups excluding carboxylic acids is 1. The van der Waals surface area contributed by atoms with Gasteiger partial charge >= 0.3 is 5.97 Å². The maximum Gasteiger partial charge on any atom is 0.330 e. The quantitative estimate of drug-likeness (QED) is 0.273. The minimum absolute atomic E-state index is 0.0332. The van der Waals surface area contributed by atoms with E-state index in [1.165, 1.54) is 18.6 Å². The molecule has 2 unspecified atom stereocenters. The van der Waals surface area contributed by atoms with Gasteiger partial charge in [0.2, 0.25) is 0 Å². The number of hydrogen-bond acceptors (Lipinski definition) is 7. The number of methoxy groups -OCH3 is 1. The predicted molar refractivity (Wildman–Crippen MR) is 106 cm³/mol. The van der Waals surface area contributed by atoms with Gasteiger partial charge in [-0.2, -0.15) is 0 Å². The topological polar surface area (TPSA) is 101 Å². The highest BCUT2D eigenvalue weighted by Crippen LogP contribution is 2.59. The summed E-state index contributed by atoms with van der Waals surface area (Å²) in [5, 5.41) is 19.0. The molecule has 2 saturated heterocycles. The van der Waals surface area contributed by atoms with Crippen molar-refractivity contribution in [3.8, 4) is 0 Å². The van der Waals surface area contributed by atoms with E-state index < -0.39 is 24.3 Å². The molecule has 0 radical (unpaired) electrons. The van der Waals surface area contributed by atoms with E-state index >= 15 is 0 Å². The Morgan fingerprint density at radius 3 is 2.59 bits per heavy atom. The van der Waals surface area contributed by atoms with Gasteiger partial charge in [-0.1, -0.05) is 11.6 Å². The second-order valence-corrected chi connectivity index (χ2v) is 8.94. The van der Waals surface area contributed by atoms with Crippen molar-refractivity contribution in [2.75, 3.05) is 13.7 Å². The van der Waals surface area contributed by atoms with Gasteiger partial charge in [-0.3, -0.25) is 0 Å². The second kappa shape index (κ2) is 8.47. The van der Waals surface area contributed by atoms with Gasteiger partial charge in [-0.15, -0.1) is 0 Å². The molecule has 2 N–H and O–H groups in total. The lowest BCUT2D eigenvalue weighted by molar-refractivity contribution is -0.166. The van der Waals surface area contributed by atoms with Gasteiger partial charge in [0.15, 0.2) is 0 Å². The average Bonchev–Trinajstić information content (AvgIpc) is 3.57. The summed E-state index contributed by atoms with van der Waals surface area (Å²) >= 11 is 0. The number of epoxide rings is 2. The smallest absolute Gasteiger partial charge is 0.330 e. The van der Waals surface area contributed by atoms with Gasteiger partial charge in [-0.25, -0.2) is 4.79 Å². The lowest BCUT2D eigenvalue weighted by Crippen LogP contribution is -2.55. The fourth-order valence-electron chi connectivity index (χ4n) is 4.60. The Bertz CT molecular complexity index is 662. The zero-order valence-corrected chi connectivity index (χ0v) is 18.0. The van der Waals surface area contributed by atoms with Crippen molar-refractivity contribution >= 4 is 5.97 Å². The summed E-state index contributed by atoms with van der Waals surface area (Å²) in [4.78, 5) is 12.3. The fourth-order valence-corrected chi connectivity index (χ4v) is 4.60. The lowest BCUT2D eigenvalue weighted by atomic mass is 9.68. The molecule has 0 bridgehead atoms. The van der Waals surface area contributed by atoms with E-state index in [1.807, 2.05) is 0 Å². The first kappa shape index (κ1) is 22.4. The van der Waals surface area contributed by atoms with E-state index in [0.717, 1.165) is 18.9 Å². The van der Waals surface area contributed by atoms with E-state index in [9.17, 15) is 15.0 Å². The van der Waals surface area contributed by atoms with Crippen molar-refractivity contribution in [3.05, 3.63) is 23.8 Å². The molecule has 3 rings (SSSR count). The van der Waals surface area contributed by atoms with Crippen molar-refractivity contribution in [1.82, 2.24) is 0 Å². The number of carbonyl (C=O) groups is 1. The second-order valence-electron chi connectivity index (χ2n) is 8.94. The summed E-state index contributed by atoms with van der Waals surface area (Å²) in [6.07, 6.45) is 4.09. The molecule has 1 spiro atoms. The molecule has 1 aliphatic carbocycles. The van der Waals surface area contributed by atoms with Crippen molar-refractivity contribution in [3.63, 3.8) is 0 Å². The van der Waals surface area contributed by atoms with Crippen LogP contribution < -0.4 is 0 Å². The van der Waals surface area contributed by atoms with Crippen LogP contribution in [0.4, 0.5) is 0 Å². The molecule has 7 nitrogen and oxygen atoms in total. The molecule has 2 heterocycles. The summed E-state index contributed by atoms with van der Waals surface area (Å²) in [6.45, 7) is 8.36. The van der Waals surface area contributed by atoms with Gasteiger partial charge in [-0.05, 0) is 53.0 Å². The Kier molecular flexibility index (Phi) is 6.56. The summed E-state index contributed by atoms with van der Waals surface area (Å²) in [7, 11) is 1.63. The van der Waals surface area contributed by atoms with Crippen LogP contribution >= 0.6 is 0 Å². The molecule has 0 aromatic heterocycles. The number of allylic oxidation sites excluding steroid dienone is 1. The van der Waals surface area contributed by atoms with E-state index in [0.29, 0.717) is 13.0 Å². The molecule has 1 saturated carbocycles. The summed E-state index contributed by atoms with van der Waals surface area (Å²) in [5.74, 6) is -0.597.